The number of para-hydroxylation sites is 2. The Morgan fingerprint density at radius 3 is 2.17 bits per heavy atom. The molecule has 1 amide bonds. The molecule has 0 heterocycles. The van der Waals surface area contributed by atoms with Gasteiger partial charge in [0.25, 0.3) is 0 Å². The van der Waals surface area contributed by atoms with Crippen molar-refractivity contribution in [3.63, 3.8) is 0 Å². The smallest absolute Gasteiger partial charge is 0.407 e. The van der Waals surface area contributed by atoms with Crippen LogP contribution < -0.4 is 16.4 Å². The summed E-state index contributed by atoms with van der Waals surface area (Å²) in [7, 11) is 0. The third-order valence-electron chi connectivity index (χ3n) is 3.30. The number of ether oxygens (including phenoxy) is 1. The van der Waals surface area contributed by atoms with E-state index in [1.807, 2.05) is 69.3 Å². The minimum atomic E-state index is -0.487. The predicted octanol–water partition coefficient (Wildman–Crippen LogP) is 3.91. The number of nitrogens with two attached hydrogens (primary N) is 1. The Kier molecular flexibility index (Phi) is 5.68. The Morgan fingerprint density at radius 2 is 1.58 bits per heavy atom. The van der Waals surface area contributed by atoms with Crippen molar-refractivity contribution in [3.05, 3.63) is 59.7 Å². The summed E-state index contributed by atoms with van der Waals surface area (Å²) in [5.74, 6) is 0. The van der Waals surface area contributed by atoms with Gasteiger partial charge in [-0.25, -0.2) is 4.79 Å². The third-order valence-corrected chi connectivity index (χ3v) is 3.30. The predicted molar refractivity (Wildman–Crippen MR) is 97.7 cm³/mol. The highest BCUT2D eigenvalue weighted by molar-refractivity contribution is 5.67. The summed E-state index contributed by atoms with van der Waals surface area (Å²) in [6.07, 6.45) is -0.409. The molecule has 0 aromatic heterocycles. The van der Waals surface area contributed by atoms with E-state index >= 15 is 0 Å². The molecule has 5 nitrogen and oxygen atoms in total. The van der Waals surface area contributed by atoms with E-state index in [9.17, 15) is 4.79 Å². The SMILES string of the molecule is CC(C)(C)OC(=O)NCc1ccc(CNc2ccccc2N)cc1. The van der Waals surface area contributed by atoms with Gasteiger partial charge in [0.15, 0.2) is 0 Å². The molecule has 0 saturated heterocycles. The summed E-state index contributed by atoms with van der Waals surface area (Å²) in [4.78, 5) is 11.6. The van der Waals surface area contributed by atoms with E-state index in [0.717, 1.165) is 22.5 Å². The van der Waals surface area contributed by atoms with E-state index in [2.05, 4.69) is 10.6 Å². The monoisotopic (exact) mass is 327 g/mol. The lowest BCUT2D eigenvalue weighted by atomic mass is 10.1. The standard InChI is InChI=1S/C19H25N3O2/c1-19(2,3)24-18(23)22-13-15-10-8-14(9-11-15)12-21-17-7-5-4-6-16(17)20/h4-11,21H,12-13,20H2,1-3H3,(H,22,23). The molecule has 0 atom stereocenters. The first kappa shape index (κ1) is 17.7. The molecule has 0 aliphatic rings. The van der Waals surface area contributed by atoms with Crippen LogP contribution in [0.4, 0.5) is 16.2 Å². The maximum atomic E-state index is 11.6. The summed E-state index contributed by atoms with van der Waals surface area (Å²) < 4.78 is 5.21. The number of carbonyl (C=O) groups is 1. The van der Waals surface area contributed by atoms with Crippen molar-refractivity contribution in [3.8, 4) is 0 Å². The van der Waals surface area contributed by atoms with Crippen molar-refractivity contribution in [2.45, 2.75) is 39.5 Å². The topological polar surface area (TPSA) is 76.4 Å². The first-order valence-corrected chi connectivity index (χ1v) is 7.96. The van der Waals surface area contributed by atoms with Gasteiger partial charge in [0, 0.05) is 13.1 Å². The zero-order valence-electron chi connectivity index (χ0n) is 14.4. The summed E-state index contributed by atoms with van der Waals surface area (Å²) in [6, 6.07) is 15.7. The number of nitrogens with one attached hydrogen (secondary N) is 2. The molecule has 128 valence electrons. The van der Waals surface area contributed by atoms with Crippen LogP contribution in [0.3, 0.4) is 0 Å². The van der Waals surface area contributed by atoms with Crippen molar-refractivity contribution >= 4 is 17.5 Å². The van der Waals surface area contributed by atoms with Crippen LogP contribution >= 0.6 is 0 Å². The summed E-state index contributed by atoms with van der Waals surface area (Å²) in [5, 5.41) is 6.06. The molecule has 0 aliphatic heterocycles. The number of benzene rings is 2. The van der Waals surface area contributed by atoms with Crippen LogP contribution in [0.25, 0.3) is 0 Å². The van der Waals surface area contributed by atoms with Crippen LogP contribution in [0.15, 0.2) is 48.5 Å². The largest absolute Gasteiger partial charge is 0.444 e. The molecule has 0 bridgehead atoms. The lowest BCUT2D eigenvalue weighted by Crippen LogP contribution is -2.32. The van der Waals surface area contributed by atoms with Crippen molar-refractivity contribution in [2.24, 2.45) is 0 Å². The highest BCUT2D eigenvalue weighted by Gasteiger charge is 2.15. The molecule has 0 aliphatic carbocycles. The lowest BCUT2D eigenvalue weighted by Gasteiger charge is -2.19. The molecular weight excluding hydrogens is 302 g/mol. The van der Waals surface area contributed by atoms with Crippen molar-refractivity contribution in [1.82, 2.24) is 5.32 Å². The zero-order valence-corrected chi connectivity index (χ0v) is 14.4. The average Bonchev–Trinajstić information content (AvgIpc) is 2.51. The molecule has 0 radical (unpaired) electrons. The quantitative estimate of drug-likeness (QED) is 0.728. The minimum absolute atomic E-state index is 0.409. The van der Waals surface area contributed by atoms with Gasteiger partial charge in [-0.3, -0.25) is 0 Å². The molecular formula is C19H25N3O2. The number of amides is 1. The number of hydrogen-bond donors (Lipinski definition) is 3. The van der Waals surface area contributed by atoms with E-state index in [0.29, 0.717) is 13.1 Å². The number of anilines is 2. The summed E-state index contributed by atoms with van der Waals surface area (Å²) in [6.45, 7) is 6.65. The first-order chi connectivity index (χ1) is 11.3. The fraction of sp³-hybridized carbons (Fsp3) is 0.316. The fourth-order valence-electron chi connectivity index (χ4n) is 2.12. The fourth-order valence-corrected chi connectivity index (χ4v) is 2.12. The van der Waals surface area contributed by atoms with Gasteiger partial charge >= 0.3 is 6.09 Å². The molecule has 4 N–H and O–H groups in total. The summed E-state index contributed by atoms with van der Waals surface area (Å²) >= 11 is 0. The third kappa shape index (κ3) is 5.83. The second-order valence-electron chi connectivity index (χ2n) is 6.61. The normalized spacial score (nSPS) is 11.0. The van der Waals surface area contributed by atoms with Crippen LogP contribution in [0, 0.1) is 0 Å². The molecule has 2 aromatic rings. The van der Waals surface area contributed by atoms with Gasteiger partial charge in [0.1, 0.15) is 5.60 Å². The zero-order chi connectivity index (χ0) is 17.6. The summed E-state index contributed by atoms with van der Waals surface area (Å²) in [5.41, 5.74) is 9.23. The second kappa shape index (κ2) is 7.73. The molecule has 0 saturated carbocycles. The van der Waals surface area contributed by atoms with Crippen molar-refractivity contribution < 1.29 is 9.53 Å². The lowest BCUT2D eigenvalue weighted by molar-refractivity contribution is 0.0523. The Labute approximate surface area is 143 Å². The van der Waals surface area contributed by atoms with E-state index in [-0.39, 0.29) is 0 Å². The number of rotatable bonds is 5. The molecule has 0 unspecified atom stereocenters. The Balaban J connectivity index is 1.82. The van der Waals surface area contributed by atoms with Crippen LogP contribution in [0.5, 0.6) is 0 Å². The van der Waals surface area contributed by atoms with E-state index < -0.39 is 11.7 Å². The molecule has 24 heavy (non-hydrogen) atoms. The van der Waals surface area contributed by atoms with Crippen LogP contribution in [0.2, 0.25) is 0 Å². The van der Waals surface area contributed by atoms with Crippen molar-refractivity contribution in [2.75, 3.05) is 11.1 Å². The van der Waals surface area contributed by atoms with Gasteiger partial charge in [-0.15, -0.1) is 0 Å². The number of nitrogen functional groups attached to an aromatic ring is 1. The van der Waals surface area contributed by atoms with Crippen LogP contribution in [-0.4, -0.2) is 11.7 Å². The van der Waals surface area contributed by atoms with Crippen molar-refractivity contribution in [1.29, 1.82) is 0 Å². The highest BCUT2D eigenvalue weighted by Crippen LogP contribution is 2.18. The maximum absolute atomic E-state index is 11.6. The van der Waals surface area contributed by atoms with E-state index in [1.165, 1.54) is 0 Å². The van der Waals surface area contributed by atoms with Gasteiger partial charge in [-0.05, 0) is 44.0 Å². The average molecular weight is 327 g/mol. The molecule has 2 aromatic carbocycles. The second-order valence-corrected chi connectivity index (χ2v) is 6.61. The molecule has 0 fully saturated rings. The van der Waals surface area contributed by atoms with Gasteiger partial charge in [0.2, 0.25) is 0 Å². The Morgan fingerprint density at radius 1 is 1.00 bits per heavy atom. The van der Waals surface area contributed by atoms with E-state index in [4.69, 9.17) is 10.5 Å². The molecule has 2 rings (SSSR count). The maximum Gasteiger partial charge on any atom is 0.407 e. The minimum Gasteiger partial charge on any atom is -0.444 e. The number of alkyl carbamates (subject to hydrolysis) is 1. The number of carbonyl (C=O) groups excluding carboxylic acids is 1. The molecule has 5 heteroatoms. The van der Waals surface area contributed by atoms with Gasteiger partial charge < -0.3 is 21.1 Å². The Bertz CT molecular complexity index is 676. The Hall–Kier alpha value is -2.69. The van der Waals surface area contributed by atoms with E-state index in [1.54, 1.807) is 0 Å². The first-order valence-electron chi connectivity index (χ1n) is 7.96. The highest BCUT2D eigenvalue weighted by atomic mass is 16.6. The van der Waals surface area contributed by atoms with Crippen LogP contribution in [0.1, 0.15) is 31.9 Å². The van der Waals surface area contributed by atoms with Crippen LogP contribution in [-0.2, 0) is 17.8 Å². The molecule has 0 spiro atoms. The number of hydrogen-bond acceptors (Lipinski definition) is 4. The van der Waals surface area contributed by atoms with Gasteiger partial charge in [-0.1, -0.05) is 36.4 Å². The van der Waals surface area contributed by atoms with Gasteiger partial charge in [0.05, 0.1) is 11.4 Å². The van der Waals surface area contributed by atoms with Gasteiger partial charge in [-0.2, -0.15) is 0 Å².